The van der Waals surface area contributed by atoms with Gasteiger partial charge in [-0.3, -0.25) is 9.69 Å². The molecule has 0 unspecified atom stereocenters. The maximum Gasteiger partial charge on any atom is 0.350 e. The van der Waals surface area contributed by atoms with Gasteiger partial charge in [-0.25, -0.2) is 4.39 Å². The molecule has 1 saturated carbocycles. The van der Waals surface area contributed by atoms with Gasteiger partial charge in [-0.05, 0) is 35.2 Å². The van der Waals surface area contributed by atoms with E-state index in [2.05, 4.69) is 20.8 Å². The lowest BCUT2D eigenvalue weighted by molar-refractivity contribution is -0.120. The van der Waals surface area contributed by atoms with E-state index in [1.54, 1.807) is 24.3 Å². The van der Waals surface area contributed by atoms with Crippen LogP contribution in [-0.4, -0.2) is 68.4 Å². The van der Waals surface area contributed by atoms with Crippen LogP contribution in [-0.2, 0) is 9.53 Å². The highest BCUT2D eigenvalue weighted by molar-refractivity contribution is 6.10. The van der Waals surface area contributed by atoms with Gasteiger partial charge in [0.05, 0.1) is 25.2 Å². The van der Waals surface area contributed by atoms with Crippen molar-refractivity contribution >= 4 is 17.5 Å². The first kappa shape index (κ1) is 23.5. The zero-order chi connectivity index (χ0) is 22.9. The number of rotatable bonds is 10. The van der Waals surface area contributed by atoms with E-state index in [0.29, 0.717) is 29.2 Å². The lowest BCUT2D eigenvalue weighted by Crippen LogP contribution is -2.38. The van der Waals surface area contributed by atoms with Crippen LogP contribution in [0.3, 0.4) is 0 Å². The van der Waals surface area contributed by atoms with Crippen molar-refractivity contribution < 1.29 is 18.7 Å². The number of hydrogen-bond donors (Lipinski definition) is 1. The minimum absolute atomic E-state index is 0.0245. The third-order valence-electron chi connectivity index (χ3n) is 6.46. The molecular weight excluding hydrogens is 421 g/mol. The summed E-state index contributed by atoms with van der Waals surface area (Å²) in [4.78, 5) is 14.4. The Hall–Kier alpha value is -2.69. The van der Waals surface area contributed by atoms with Crippen molar-refractivity contribution in [1.29, 1.82) is 0 Å². The molecule has 3 aliphatic rings. The predicted octanol–water partition coefficient (Wildman–Crippen LogP) is 2.65. The molecule has 0 atom stereocenters. The van der Waals surface area contributed by atoms with Gasteiger partial charge in [0.25, 0.3) is 0 Å². The molecule has 1 aromatic rings. The Morgan fingerprint density at radius 1 is 1.24 bits per heavy atom. The zero-order valence-electron chi connectivity index (χ0n) is 19.2. The third-order valence-corrected chi connectivity index (χ3v) is 6.46. The number of morpholine rings is 1. The lowest BCUT2D eigenvalue weighted by Gasteiger charge is -2.26. The quantitative estimate of drug-likeness (QED) is 0.552. The molecule has 1 N–H and O–H groups in total. The maximum atomic E-state index is 14.7. The average molecular weight is 455 g/mol. The van der Waals surface area contributed by atoms with Crippen LogP contribution in [0.2, 0.25) is 0 Å². The molecule has 2 fully saturated rings. The highest BCUT2D eigenvalue weighted by Crippen LogP contribution is 2.26. The molecule has 4 rings (SSSR count). The highest BCUT2D eigenvalue weighted by atomic mass is 19.1. The van der Waals surface area contributed by atoms with Gasteiger partial charge in [0.1, 0.15) is 23.7 Å². The summed E-state index contributed by atoms with van der Waals surface area (Å²) in [5.41, 5.74) is 1.57. The number of nitrogens with one attached hydrogen (secondary N) is 1. The minimum atomic E-state index is -0.392. The Balaban J connectivity index is 1.27. The second-order valence-corrected chi connectivity index (χ2v) is 8.88. The van der Waals surface area contributed by atoms with Gasteiger partial charge < -0.3 is 14.8 Å². The standard InChI is InChI=1S/C26H32FN3O3/c27-24-18-22(33-16-13-30-11-14-32-15-12-30)6-7-23(24)25-8-5-21(19-29-25)17-26(31)28-10-9-20-3-1-2-4-20/h5-8,18,20H,1-4,9-17H2/p+1. The van der Waals surface area contributed by atoms with Gasteiger partial charge in [0.15, 0.2) is 0 Å². The summed E-state index contributed by atoms with van der Waals surface area (Å²) in [6.45, 7) is 5.31. The SMILES string of the molecule is O=C(CC1=C=[N+]=C(c2ccc(OCCN3CCOCC3)cc2F)C=C1)NCCC1CCCC1. The summed E-state index contributed by atoms with van der Waals surface area (Å²) in [6, 6.07) is 4.82. The molecule has 1 saturated heterocycles. The van der Waals surface area contributed by atoms with E-state index < -0.39 is 5.82 Å². The van der Waals surface area contributed by atoms with E-state index in [9.17, 15) is 9.18 Å². The second kappa shape index (κ2) is 12.0. The number of halogens is 1. The Kier molecular flexibility index (Phi) is 8.51. The number of hydrogen-bond acceptors (Lipinski definition) is 4. The summed E-state index contributed by atoms with van der Waals surface area (Å²) in [5, 5.41) is 2.99. The van der Waals surface area contributed by atoms with Gasteiger partial charge >= 0.3 is 11.6 Å². The molecule has 0 spiro atoms. The predicted molar refractivity (Wildman–Crippen MR) is 127 cm³/mol. The van der Waals surface area contributed by atoms with Crippen molar-refractivity contribution in [2.24, 2.45) is 5.92 Å². The van der Waals surface area contributed by atoms with Gasteiger partial charge in [-0.2, -0.15) is 0 Å². The van der Waals surface area contributed by atoms with Gasteiger partial charge in [0.2, 0.25) is 5.91 Å². The van der Waals surface area contributed by atoms with Crippen LogP contribution in [0.25, 0.3) is 0 Å². The molecule has 0 bridgehead atoms. The molecular formula is C26H33FN3O3+. The largest absolute Gasteiger partial charge is 0.492 e. The molecule has 6 nitrogen and oxygen atoms in total. The van der Waals surface area contributed by atoms with E-state index >= 15 is 0 Å². The van der Waals surface area contributed by atoms with Crippen LogP contribution in [0.4, 0.5) is 4.39 Å². The molecule has 1 aromatic carbocycles. The van der Waals surface area contributed by atoms with E-state index in [4.69, 9.17) is 9.47 Å². The number of amides is 1. The number of allylic oxidation sites excluding steroid dienone is 2. The Labute approximate surface area is 194 Å². The normalized spacial score (nSPS) is 18.8. The van der Waals surface area contributed by atoms with Crippen molar-refractivity contribution in [2.45, 2.75) is 38.5 Å². The van der Waals surface area contributed by atoms with Crippen molar-refractivity contribution in [3.63, 3.8) is 0 Å². The van der Waals surface area contributed by atoms with E-state index in [0.717, 1.165) is 51.7 Å². The number of carbonyl (C=O) groups is 1. The van der Waals surface area contributed by atoms with Crippen LogP contribution in [0, 0.1) is 11.7 Å². The summed E-state index contributed by atoms with van der Waals surface area (Å²) in [6.07, 6.45) is 10.0. The molecule has 1 aliphatic carbocycles. The first-order chi connectivity index (χ1) is 16.2. The molecule has 33 heavy (non-hydrogen) atoms. The molecule has 2 aliphatic heterocycles. The minimum Gasteiger partial charge on any atom is -0.492 e. The monoisotopic (exact) mass is 454 g/mol. The number of ether oxygens (including phenoxy) is 2. The molecule has 0 radical (unpaired) electrons. The Bertz CT molecular complexity index is 965. The smallest absolute Gasteiger partial charge is 0.350 e. The van der Waals surface area contributed by atoms with Crippen LogP contribution in [0.15, 0.2) is 35.9 Å². The van der Waals surface area contributed by atoms with E-state index in [1.807, 2.05) is 0 Å². The fourth-order valence-electron chi connectivity index (χ4n) is 4.50. The topological polar surface area (TPSA) is 64.9 Å². The number of benzene rings is 1. The van der Waals surface area contributed by atoms with Gasteiger partial charge in [0, 0.05) is 38.3 Å². The average Bonchev–Trinajstić information content (AvgIpc) is 3.34. The van der Waals surface area contributed by atoms with Crippen molar-refractivity contribution in [3.05, 3.63) is 47.3 Å². The van der Waals surface area contributed by atoms with Crippen molar-refractivity contribution in [2.75, 3.05) is 46.0 Å². The van der Waals surface area contributed by atoms with Crippen LogP contribution in [0.5, 0.6) is 5.75 Å². The summed E-state index contributed by atoms with van der Waals surface area (Å²) in [5.74, 6) is 3.73. The zero-order valence-corrected chi connectivity index (χ0v) is 19.2. The Morgan fingerprint density at radius 2 is 2.06 bits per heavy atom. The van der Waals surface area contributed by atoms with Crippen LogP contribution < -0.4 is 14.7 Å². The van der Waals surface area contributed by atoms with E-state index in [1.165, 1.54) is 31.7 Å². The second-order valence-electron chi connectivity index (χ2n) is 8.88. The molecule has 7 heteroatoms. The van der Waals surface area contributed by atoms with Crippen molar-refractivity contribution in [3.8, 4) is 5.75 Å². The lowest BCUT2D eigenvalue weighted by atomic mass is 10.0. The van der Waals surface area contributed by atoms with Gasteiger partial charge in [-0.15, -0.1) is 0 Å². The fraction of sp³-hybridized carbons (Fsp3) is 0.538. The molecule has 0 aromatic heterocycles. The third kappa shape index (κ3) is 7.15. The highest BCUT2D eigenvalue weighted by Gasteiger charge is 2.20. The first-order valence-corrected chi connectivity index (χ1v) is 12.0. The Morgan fingerprint density at radius 3 is 2.79 bits per heavy atom. The summed E-state index contributed by atoms with van der Waals surface area (Å²) >= 11 is 0. The fourth-order valence-corrected chi connectivity index (χ4v) is 4.50. The number of carbonyl (C=O) groups excluding carboxylic acids is 1. The molecule has 2 heterocycles. The van der Waals surface area contributed by atoms with E-state index in [-0.39, 0.29) is 12.3 Å². The summed E-state index contributed by atoms with van der Waals surface area (Å²) < 4.78 is 30.0. The summed E-state index contributed by atoms with van der Waals surface area (Å²) in [7, 11) is 0. The van der Waals surface area contributed by atoms with Crippen LogP contribution in [0.1, 0.15) is 44.1 Å². The molecule has 176 valence electrons. The van der Waals surface area contributed by atoms with Gasteiger partial charge in [-0.1, -0.05) is 25.7 Å². The van der Waals surface area contributed by atoms with Crippen LogP contribution >= 0.6 is 0 Å². The number of nitrogens with zero attached hydrogens (tertiary/aromatic N) is 2. The molecule has 1 amide bonds. The van der Waals surface area contributed by atoms with Crippen molar-refractivity contribution in [1.82, 2.24) is 14.9 Å². The first-order valence-electron chi connectivity index (χ1n) is 12.0. The maximum absolute atomic E-state index is 14.7.